The fraction of sp³-hybridized carbons (Fsp3) is 0.792. The molecule has 0 saturated carbocycles. The Hall–Kier alpha value is -1.89. The van der Waals surface area contributed by atoms with E-state index in [2.05, 4.69) is 10.2 Å². The van der Waals surface area contributed by atoms with Crippen LogP contribution in [0.4, 0.5) is 0 Å². The fourth-order valence-corrected chi connectivity index (χ4v) is 3.92. The van der Waals surface area contributed by atoms with E-state index in [1.807, 2.05) is 34.7 Å². The first-order valence-electron chi connectivity index (χ1n) is 11.5. The number of piperidine rings is 1. The molecule has 1 N–H and O–H groups in total. The molecule has 0 aromatic carbocycles. The lowest BCUT2D eigenvalue weighted by molar-refractivity contribution is -0.143. The third kappa shape index (κ3) is 7.95. The van der Waals surface area contributed by atoms with E-state index in [1.165, 1.54) is 0 Å². The second-order valence-electron chi connectivity index (χ2n) is 9.71. The van der Waals surface area contributed by atoms with Crippen molar-refractivity contribution in [1.82, 2.24) is 15.1 Å². The molecule has 7 nitrogen and oxygen atoms in total. The highest BCUT2D eigenvalue weighted by Gasteiger charge is 2.34. The monoisotopic (exact) mass is 437 g/mol. The van der Waals surface area contributed by atoms with Crippen LogP contribution in [-0.2, 0) is 19.1 Å². The van der Waals surface area contributed by atoms with E-state index in [0.29, 0.717) is 5.57 Å². The summed E-state index contributed by atoms with van der Waals surface area (Å²) in [6.07, 6.45) is 4.52. The van der Waals surface area contributed by atoms with Gasteiger partial charge in [0.25, 0.3) is 0 Å². The normalized spacial score (nSPS) is 20.0. The number of carbonyl (C=O) groups is 3. The second kappa shape index (κ2) is 12.2. The Kier molecular flexibility index (Phi) is 10.7. The zero-order valence-corrected chi connectivity index (χ0v) is 20.9. The van der Waals surface area contributed by atoms with Crippen molar-refractivity contribution in [2.75, 3.05) is 20.6 Å². The molecule has 7 heteroatoms. The van der Waals surface area contributed by atoms with Gasteiger partial charge >= 0.3 is 5.97 Å². The van der Waals surface area contributed by atoms with Crippen LogP contribution in [0.2, 0.25) is 0 Å². The average molecular weight is 438 g/mol. The zero-order valence-electron chi connectivity index (χ0n) is 20.9. The second-order valence-corrected chi connectivity index (χ2v) is 9.71. The van der Waals surface area contributed by atoms with Crippen molar-refractivity contribution < 1.29 is 19.1 Å². The molecule has 1 saturated heterocycles. The third-order valence-electron chi connectivity index (χ3n) is 5.87. The molecule has 3 atom stereocenters. The molecular weight excluding hydrogens is 394 g/mol. The smallest absolute Gasteiger partial charge is 0.333 e. The van der Waals surface area contributed by atoms with E-state index in [-0.39, 0.29) is 47.8 Å². The SMILES string of the molecule is C/C(=C\[C@H](C(C)C)N(C)C(=O)C(NC(=O)C1CCCCN1C)C(C)C)C(=O)OC(C)C. The molecule has 1 rings (SSSR count). The van der Waals surface area contributed by atoms with Crippen molar-refractivity contribution in [1.29, 1.82) is 0 Å². The van der Waals surface area contributed by atoms with Crippen molar-refractivity contribution in [3.8, 4) is 0 Å². The van der Waals surface area contributed by atoms with E-state index in [9.17, 15) is 14.4 Å². The number of carbonyl (C=O) groups excluding carboxylic acids is 3. The summed E-state index contributed by atoms with van der Waals surface area (Å²) in [7, 11) is 3.69. The van der Waals surface area contributed by atoms with Crippen LogP contribution in [0, 0.1) is 11.8 Å². The van der Waals surface area contributed by atoms with Gasteiger partial charge in [-0.1, -0.05) is 40.2 Å². The minimum Gasteiger partial charge on any atom is -0.460 e. The van der Waals surface area contributed by atoms with Gasteiger partial charge in [0, 0.05) is 12.6 Å². The predicted molar refractivity (Wildman–Crippen MR) is 123 cm³/mol. The molecule has 0 aromatic rings. The first-order valence-corrected chi connectivity index (χ1v) is 11.5. The van der Waals surface area contributed by atoms with Crippen LogP contribution >= 0.6 is 0 Å². The number of amides is 2. The van der Waals surface area contributed by atoms with Crippen LogP contribution in [0.5, 0.6) is 0 Å². The van der Waals surface area contributed by atoms with Gasteiger partial charge in [-0.25, -0.2) is 4.79 Å². The van der Waals surface area contributed by atoms with Gasteiger partial charge in [0.2, 0.25) is 11.8 Å². The van der Waals surface area contributed by atoms with Crippen molar-refractivity contribution in [3.05, 3.63) is 11.6 Å². The summed E-state index contributed by atoms with van der Waals surface area (Å²) in [5, 5.41) is 3.01. The van der Waals surface area contributed by atoms with Gasteiger partial charge in [0.05, 0.1) is 18.2 Å². The lowest BCUT2D eigenvalue weighted by Crippen LogP contribution is -2.57. The van der Waals surface area contributed by atoms with Gasteiger partial charge in [-0.15, -0.1) is 0 Å². The number of hydrogen-bond acceptors (Lipinski definition) is 5. The Morgan fingerprint density at radius 1 is 1.06 bits per heavy atom. The van der Waals surface area contributed by atoms with E-state index >= 15 is 0 Å². The third-order valence-corrected chi connectivity index (χ3v) is 5.87. The number of ether oxygens (including phenoxy) is 1. The summed E-state index contributed by atoms with van der Waals surface area (Å²) >= 11 is 0. The molecule has 0 bridgehead atoms. The van der Waals surface area contributed by atoms with Gasteiger partial charge < -0.3 is 15.0 Å². The standard InChI is InChI=1S/C24H43N3O4/c1-15(2)20(14-18(7)24(30)31-17(5)6)27(9)23(29)21(16(3)4)25-22(28)19-12-10-11-13-26(19)8/h14-17,19-21H,10-13H2,1-9H3,(H,25,28)/b18-14+/t19?,20-,21?/m1/s1. The van der Waals surface area contributed by atoms with Crippen molar-refractivity contribution in [3.63, 3.8) is 0 Å². The molecule has 178 valence electrons. The van der Waals surface area contributed by atoms with Crippen molar-refractivity contribution in [2.24, 2.45) is 11.8 Å². The van der Waals surface area contributed by atoms with Gasteiger partial charge in [0.15, 0.2) is 0 Å². The summed E-state index contributed by atoms with van der Waals surface area (Å²) in [5.74, 6) is -0.589. The highest BCUT2D eigenvalue weighted by Crippen LogP contribution is 2.19. The van der Waals surface area contributed by atoms with Gasteiger partial charge in [-0.2, -0.15) is 0 Å². The Labute approximate surface area is 188 Å². The summed E-state index contributed by atoms with van der Waals surface area (Å²) in [6.45, 7) is 14.1. The first-order chi connectivity index (χ1) is 14.4. The lowest BCUT2D eigenvalue weighted by atomic mass is 9.96. The van der Waals surface area contributed by atoms with Crippen LogP contribution < -0.4 is 5.32 Å². The minimum absolute atomic E-state index is 0.0587. The van der Waals surface area contributed by atoms with Crippen LogP contribution in [0.3, 0.4) is 0 Å². The Bertz CT molecular complexity index is 657. The molecule has 0 radical (unpaired) electrons. The maximum absolute atomic E-state index is 13.4. The van der Waals surface area contributed by atoms with E-state index in [1.54, 1.807) is 38.8 Å². The summed E-state index contributed by atoms with van der Waals surface area (Å²) in [6, 6.07) is -1.10. The molecule has 2 amide bonds. The topological polar surface area (TPSA) is 79.0 Å². The van der Waals surface area contributed by atoms with Crippen LogP contribution in [0.1, 0.15) is 67.7 Å². The number of rotatable bonds is 9. The molecule has 0 aliphatic carbocycles. The number of nitrogens with one attached hydrogen (secondary N) is 1. The fourth-order valence-electron chi connectivity index (χ4n) is 3.92. The summed E-state index contributed by atoms with van der Waals surface area (Å²) in [5.41, 5.74) is 0.473. The highest BCUT2D eigenvalue weighted by molar-refractivity contribution is 5.91. The number of esters is 1. The maximum Gasteiger partial charge on any atom is 0.333 e. The highest BCUT2D eigenvalue weighted by atomic mass is 16.5. The summed E-state index contributed by atoms with van der Waals surface area (Å²) in [4.78, 5) is 42.3. The lowest BCUT2D eigenvalue weighted by Gasteiger charge is -2.36. The van der Waals surface area contributed by atoms with E-state index in [4.69, 9.17) is 4.74 Å². The number of likely N-dealkylation sites (tertiary alicyclic amines) is 1. The number of likely N-dealkylation sites (N-methyl/N-ethyl adjacent to an activating group) is 2. The molecule has 1 heterocycles. The Morgan fingerprint density at radius 3 is 2.16 bits per heavy atom. The molecule has 1 aliphatic rings. The maximum atomic E-state index is 13.4. The molecule has 2 unspecified atom stereocenters. The van der Waals surface area contributed by atoms with Gasteiger partial charge in [-0.3, -0.25) is 14.5 Å². The average Bonchev–Trinajstić information content (AvgIpc) is 2.68. The first kappa shape index (κ1) is 27.1. The molecule has 1 aliphatic heterocycles. The number of nitrogens with zero attached hydrogens (tertiary/aromatic N) is 2. The van der Waals surface area contributed by atoms with Crippen LogP contribution in [0.15, 0.2) is 11.6 Å². The van der Waals surface area contributed by atoms with Crippen molar-refractivity contribution >= 4 is 17.8 Å². The molecule has 1 fully saturated rings. The van der Waals surface area contributed by atoms with E-state index in [0.717, 1.165) is 25.8 Å². The number of hydrogen-bond donors (Lipinski definition) is 1. The Balaban J connectivity index is 3.01. The minimum atomic E-state index is -0.620. The molecular formula is C24H43N3O4. The zero-order chi connectivity index (χ0) is 23.9. The Morgan fingerprint density at radius 2 is 1.68 bits per heavy atom. The molecule has 31 heavy (non-hydrogen) atoms. The predicted octanol–water partition coefficient (Wildman–Crippen LogP) is 2.99. The quantitative estimate of drug-likeness (QED) is 0.443. The molecule has 0 aromatic heterocycles. The molecule has 0 spiro atoms. The van der Waals surface area contributed by atoms with Gasteiger partial charge in [-0.05, 0) is 59.0 Å². The van der Waals surface area contributed by atoms with Crippen LogP contribution in [-0.4, -0.2) is 72.5 Å². The summed E-state index contributed by atoms with van der Waals surface area (Å²) < 4.78 is 5.28. The van der Waals surface area contributed by atoms with E-state index < -0.39 is 6.04 Å². The largest absolute Gasteiger partial charge is 0.460 e. The van der Waals surface area contributed by atoms with Gasteiger partial charge in [0.1, 0.15) is 6.04 Å². The van der Waals surface area contributed by atoms with Crippen LogP contribution in [0.25, 0.3) is 0 Å². The van der Waals surface area contributed by atoms with Crippen molar-refractivity contribution in [2.45, 2.75) is 92.0 Å².